The van der Waals surface area contributed by atoms with Crippen molar-refractivity contribution in [1.82, 2.24) is 9.78 Å². The van der Waals surface area contributed by atoms with E-state index in [1.54, 1.807) is 6.92 Å². The maximum atomic E-state index is 11.0. The molecule has 0 radical (unpaired) electrons. The van der Waals surface area contributed by atoms with Crippen LogP contribution in [0.2, 0.25) is 0 Å². The number of carbonyl (C=O) groups is 1. The van der Waals surface area contributed by atoms with Gasteiger partial charge in [-0.1, -0.05) is 12.1 Å². The number of carbonyl (C=O) groups excluding carboxylic acids is 1. The fourth-order valence-electron chi connectivity index (χ4n) is 1.97. The van der Waals surface area contributed by atoms with Crippen molar-refractivity contribution in [2.24, 2.45) is 0 Å². The van der Waals surface area contributed by atoms with Gasteiger partial charge in [-0.2, -0.15) is 5.10 Å². The molecule has 1 heterocycles. The van der Waals surface area contributed by atoms with Gasteiger partial charge in [0.25, 0.3) is 0 Å². The molecule has 21 heavy (non-hydrogen) atoms. The van der Waals surface area contributed by atoms with Gasteiger partial charge in [-0.3, -0.25) is 4.68 Å². The molecule has 0 atom stereocenters. The lowest BCUT2D eigenvalue weighted by Gasteiger charge is -2.06. The van der Waals surface area contributed by atoms with Gasteiger partial charge < -0.3 is 9.53 Å². The highest BCUT2D eigenvalue weighted by Crippen LogP contribution is 2.15. The number of aryl methyl sites for hydroxylation is 1. The summed E-state index contributed by atoms with van der Waals surface area (Å²) < 4.78 is 7.64. The highest BCUT2D eigenvalue weighted by molar-refractivity contribution is 5.75. The molecule has 2 aromatic rings. The van der Waals surface area contributed by atoms with Gasteiger partial charge in [-0.15, -0.1) is 0 Å². The average molecular weight is 286 g/mol. The Morgan fingerprint density at radius 1 is 1.24 bits per heavy atom. The van der Waals surface area contributed by atoms with E-state index >= 15 is 0 Å². The van der Waals surface area contributed by atoms with E-state index in [0.717, 1.165) is 23.4 Å². The van der Waals surface area contributed by atoms with Gasteiger partial charge >= 0.3 is 0 Å². The van der Waals surface area contributed by atoms with Crippen molar-refractivity contribution in [3.63, 3.8) is 0 Å². The van der Waals surface area contributed by atoms with Crippen LogP contribution in [-0.2, 0) is 17.8 Å². The highest BCUT2D eigenvalue weighted by atomic mass is 16.5. The first-order valence-corrected chi connectivity index (χ1v) is 7.30. The minimum absolute atomic E-state index is 0.219. The fraction of sp³-hybridized carbons (Fsp3) is 0.412. The summed E-state index contributed by atoms with van der Waals surface area (Å²) in [6.45, 7) is 6.27. The van der Waals surface area contributed by atoms with Gasteiger partial charge in [0.1, 0.15) is 18.1 Å². The highest BCUT2D eigenvalue weighted by Gasteiger charge is 2.03. The Bertz CT molecular complexity index is 585. The maximum absolute atomic E-state index is 11.0. The molecular weight excluding hydrogens is 264 g/mol. The smallest absolute Gasteiger partial charge is 0.132 e. The topological polar surface area (TPSA) is 44.1 Å². The summed E-state index contributed by atoms with van der Waals surface area (Å²) in [6, 6.07) is 10.2. The molecule has 0 fully saturated rings. The van der Waals surface area contributed by atoms with E-state index in [1.807, 2.05) is 41.2 Å². The third-order valence-electron chi connectivity index (χ3n) is 3.27. The van der Waals surface area contributed by atoms with Crippen molar-refractivity contribution < 1.29 is 9.53 Å². The van der Waals surface area contributed by atoms with Crippen LogP contribution in [0.15, 0.2) is 36.5 Å². The van der Waals surface area contributed by atoms with Crippen LogP contribution in [0.1, 0.15) is 44.5 Å². The van der Waals surface area contributed by atoms with Crippen LogP contribution in [0.3, 0.4) is 0 Å². The standard InChI is InChI=1S/C17H22N2O2/c1-13(2)19-11-10-16(18-19)12-21-17-8-6-15(7-9-17)5-4-14(3)20/h6-11,13H,4-5,12H2,1-3H3. The van der Waals surface area contributed by atoms with Crippen LogP contribution < -0.4 is 4.74 Å². The van der Waals surface area contributed by atoms with Crippen LogP contribution >= 0.6 is 0 Å². The van der Waals surface area contributed by atoms with E-state index in [1.165, 1.54) is 0 Å². The third-order valence-corrected chi connectivity index (χ3v) is 3.27. The number of hydrogen-bond acceptors (Lipinski definition) is 3. The second kappa shape index (κ2) is 7.07. The first-order valence-electron chi connectivity index (χ1n) is 7.30. The van der Waals surface area contributed by atoms with Crippen LogP contribution in [0.5, 0.6) is 5.75 Å². The van der Waals surface area contributed by atoms with Gasteiger partial charge in [0, 0.05) is 18.7 Å². The van der Waals surface area contributed by atoms with Crippen molar-refractivity contribution in [3.05, 3.63) is 47.8 Å². The molecule has 4 nitrogen and oxygen atoms in total. The molecule has 0 amide bonds. The number of benzene rings is 1. The van der Waals surface area contributed by atoms with Crippen LogP contribution in [0.25, 0.3) is 0 Å². The lowest BCUT2D eigenvalue weighted by molar-refractivity contribution is -0.116. The molecule has 0 N–H and O–H groups in total. The Kier molecular flexibility index (Phi) is 5.14. The van der Waals surface area contributed by atoms with Crippen molar-refractivity contribution in [2.45, 2.75) is 46.3 Å². The van der Waals surface area contributed by atoms with Gasteiger partial charge in [0.15, 0.2) is 0 Å². The third kappa shape index (κ3) is 4.74. The minimum atomic E-state index is 0.219. The molecule has 0 saturated carbocycles. The Labute approximate surface area is 125 Å². The Morgan fingerprint density at radius 2 is 1.95 bits per heavy atom. The summed E-state index contributed by atoms with van der Waals surface area (Å²) >= 11 is 0. The normalized spacial score (nSPS) is 10.9. The number of rotatable bonds is 7. The van der Waals surface area contributed by atoms with E-state index in [4.69, 9.17) is 4.74 Å². The van der Waals surface area contributed by atoms with Gasteiger partial charge in [-0.05, 0) is 51.0 Å². The van der Waals surface area contributed by atoms with Gasteiger partial charge in [-0.25, -0.2) is 0 Å². The summed E-state index contributed by atoms with van der Waals surface area (Å²) in [5, 5.41) is 4.45. The molecule has 0 unspecified atom stereocenters. The molecular formula is C17H22N2O2. The maximum Gasteiger partial charge on any atom is 0.132 e. The molecule has 1 aromatic carbocycles. The van der Waals surface area contributed by atoms with E-state index in [0.29, 0.717) is 19.1 Å². The SMILES string of the molecule is CC(=O)CCc1ccc(OCc2ccn(C(C)C)n2)cc1. The van der Waals surface area contributed by atoms with E-state index in [9.17, 15) is 4.79 Å². The summed E-state index contributed by atoms with van der Waals surface area (Å²) in [5.41, 5.74) is 2.07. The number of Topliss-reactive ketones (excluding diaryl/α,β-unsaturated/α-hetero) is 1. The minimum Gasteiger partial charge on any atom is -0.487 e. The zero-order valence-electron chi connectivity index (χ0n) is 12.9. The summed E-state index contributed by atoms with van der Waals surface area (Å²) in [7, 11) is 0. The number of hydrogen-bond donors (Lipinski definition) is 0. The molecule has 0 spiro atoms. The second-order valence-corrected chi connectivity index (χ2v) is 5.52. The zero-order chi connectivity index (χ0) is 15.2. The summed E-state index contributed by atoms with van der Waals surface area (Å²) in [5.74, 6) is 1.04. The molecule has 0 aliphatic carbocycles. The molecule has 0 bridgehead atoms. The Balaban J connectivity index is 1.86. The lowest BCUT2D eigenvalue weighted by atomic mass is 10.1. The van der Waals surface area contributed by atoms with E-state index in [-0.39, 0.29) is 5.78 Å². The molecule has 0 aliphatic rings. The first kappa shape index (κ1) is 15.3. The predicted octanol–water partition coefficient (Wildman–Crippen LogP) is 3.56. The quantitative estimate of drug-likeness (QED) is 0.781. The monoisotopic (exact) mass is 286 g/mol. The number of nitrogens with zero attached hydrogens (tertiary/aromatic N) is 2. The van der Waals surface area contributed by atoms with Crippen molar-refractivity contribution >= 4 is 5.78 Å². The van der Waals surface area contributed by atoms with Crippen LogP contribution in [0.4, 0.5) is 0 Å². The van der Waals surface area contributed by atoms with E-state index in [2.05, 4.69) is 18.9 Å². The molecule has 0 aliphatic heterocycles. The summed E-state index contributed by atoms with van der Waals surface area (Å²) in [4.78, 5) is 11.0. The van der Waals surface area contributed by atoms with Crippen LogP contribution in [0, 0.1) is 0 Å². The lowest BCUT2D eigenvalue weighted by Crippen LogP contribution is -2.03. The Hall–Kier alpha value is -2.10. The summed E-state index contributed by atoms with van der Waals surface area (Å²) in [6.07, 6.45) is 3.34. The number of aromatic nitrogens is 2. The largest absolute Gasteiger partial charge is 0.487 e. The predicted molar refractivity (Wildman–Crippen MR) is 82.4 cm³/mol. The molecule has 0 saturated heterocycles. The Morgan fingerprint density at radius 3 is 2.52 bits per heavy atom. The molecule has 2 rings (SSSR count). The number of ketones is 1. The molecule has 112 valence electrons. The van der Waals surface area contributed by atoms with Crippen molar-refractivity contribution in [3.8, 4) is 5.75 Å². The van der Waals surface area contributed by atoms with Gasteiger partial charge in [0.2, 0.25) is 0 Å². The number of ether oxygens (including phenoxy) is 1. The first-order chi connectivity index (χ1) is 10.0. The fourth-order valence-corrected chi connectivity index (χ4v) is 1.97. The van der Waals surface area contributed by atoms with Crippen molar-refractivity contribution in [2.75, 3.05) is 0 Å². The molecule has 4 heteroatoms. The molecule has 1 aromatic heterocycles. The van der Waals surface area contributed by atoms with E-state index < -0.39 is 0 Å². The zero-order valence-corrected chi connectivity index (χ0v) is 12.9. The van der Waals surface area contributed by atoms with Crippen LogP contribution in [-0.4, -0.2) is 15.6 Å². The van der Waals surface area contributed by atoms with Crippen molar-refractivity contribution in [1.29, 1.82) is 0 Å². The van der Waals surface area contributed by atoms with Gasteiger partial charge in [0.05, 0.1) is 5.69 Å². The average Bonchev–Trinajstić information content (AvgIpc) is 2.93. The second-order valence-electron chi connectivity index (χ2n) is 5.52.